The van der Waals surface area contributed by atoms with E-state index >= 15 is 0 Å². The van der Waals surface area contributed by atoms with E-state index in [1.54, 1.807) is 24.4 Å². The maximum absolute atomic E-state index is 9.23. The molecule has 0 N–H and O–H groups in total. The summed E-state index contributed by atoms with van der Waals surface area (Å²) in [6.45, 7) is -6.11. The minimum Gasteiger partial charge on any atom is -0.457 e. The molecule has 5 nitrogen and oxygen atoms in total. The highest BCUT2D eigenvalue weighted by atomic mass is 16.5. The van der Waals surface area contributed by atoms with E-state index in [-0.39, 0.29) is 22.6 Å². The molecule has 0 fully saturated rings. The molecule has 0 bridgehead atoms. The molecule has 0 atom stereocenters. The molecule has 9 aromatic rings. The summed E-state index contributed by atoms with van der Waals surface area (Å²) in [6, 6.07) is 44.3. The normalized spacial score (nSPS) is 16.0. The third-order valence-corrected chi connectivity index (χ3v) is 10.3. The molecule has 236 valence electrons. The maximum atomic E-state index is 9.23. The summed E-state index contributed by atoms with van der Waals surface area (Å²) in [5.74, 6) is 0.968. The fraction of sp³-hybridized carbons (Fsp3) is 0.0667. The average molecular weight is 649 g/mol. The van der Waals surface area contributed by atoms with Crippen LogP contribution in [0.4, 0.5) is 0 Å². The lowest BCUT2D eigenvalue weighted by molar-refractivity contribution is 0.418. The van der Waals surface area contributed by atoms with Gasteiger partial charge >= 0.3 is 0 Å². The molecule has 50 heavy (non-hydrogen) atoms. The molecule has 0 saturated heterocycles. The fourth-order valence-electron chi connectivity index (χ4n) is 8.03. The number of rotatable bonds is 1. The zero-order chi connectivity index (χ0) is 38.1. The smallest absolute Gasteiger partial charge is 0.220 e. The second kappa shape index (κ2) is 9.80. The average Bonchev–Trinajstić information content (AvgIpc) is 3.72. The van der Waals surface area contributed by atoms with E-state index in [0.29, 0.717) is 17.0 Å². The third kappa shape index (κ3) is 3.61. The lowest BCUT2D eigenvalue weighted by atomic mass is 9.73. The van der Waals surface area contributed by atoms with Crippen molar-refractivity contribution in [3.63, 3.8) is 0 Å². The van der Waals surface area contributed by atoms with Crippen molar-refractivity contribution in [1.29, 1.82) is 0 Å². The van der Waals surface area contributed by atoms with E-state index in [4.69, 9.17) is 14.7 Å². The third-order valence-electron chi connectivity index (χ3n) is 10.3. The van der Waals surface area contributed by atoms with Crippen LogP contribution in [0, 0.1) is 0 Å². The second-order valence-corrected chi connectivity index (χ2v) is 13.0. The van der Waals surface area contributed by atoms with E-state index in [0.717, 1.165) is 61.1 Å². The first-order chi connectivity index (χ1) is 27.1. The molecule has 4 heterocycles. The number of ether oxygens (including phenoxy) is 1. The Morgan fingerprint density at radius 3 is 2.02 bits per heavy atom. The predicted octanol–water partition coefficient (Wildman–Crippen LogP) is 11.2. The number of benzene rings is 6. The van der Waals surface area contributed by atoms with Crippen molar-refractivity contribution in [3.05, 3.63) is 157 Å². The first-order valence-corrected chi connectivity index (χ1v) is 16.6. The van der Waals surface area contributed by atoms with Crippen LogP contribution in [0.3, 0.4) is 0 Å². The van der Waals surface area contributed by atoms with Gasteiger partial charge in [-0.25, -0.2) is 4.98 Å². The molecular formula is C45H30N4O. The van der Waals surface area contributed by atoms with Crippen LogP contribution in [0.1, 0.15) is 33.1 Å². The minimum atomic E-state index is -3.05. The molecule has 6 aromatic carbocycles. The van der Waals surface area contributed by atoms with Crippen LogP contribution in [0.15, 0.2) is 146 Å². The van der Waals surface area contributed by atoms with Gasteiger partial charge in [0, 0.05) is 47.8 Å². The zero-order valence-electron chi connectivity index (χ0n) is 32.6. The molecule has 0 radical (unpaired) electrons. The van der Waals surface area contributed by atoms with Gasteiger partial charge in [0.15, 0.2) is 0 Å². The first kappa shape index (κ1) is 22.2. The predicted molar refractivity (Wildman–Crippen MR) is 201 cm³/mol. The van der Waals surface area contributed by atoms with Crippen molar-refractivity contribution in [2.75, 3.05) is 0 Å². The van der Waals surface area contributed by atoms with E-state index in [2.05, 4.69) is 4.40 Å². The maximum Gasteiger partial charge on any atom is 0.220 e. The van der Waals surface area contributed by atoms with Crippen LogP contribution >= 0.6 is 0 Å². The fourth-order valence-corrected chi connectivity index (χ4v) is 8.03. The molecule has 5 heteroatoms. The van der Waals surface area contributed by atoms with Crippen LogP contribution in [0.25, 0.3) is 78.2 Å². The number of fused-ring (bicyclic) bond motifs is 15. The molecule has 11 rings (SSSR count). The Morgan fingerprint density at radius 1 is 0.560 bits per heavy atom. The van der Waals surface area contributed by atoms with Gasteiger partial charge < -0.3 is 4.74 Å². The van der Waals surface area contributed by atoms with Crippen molar-refractivity contribution >= 4 is 27.8 Å². The van der Waals surface area contributed by atoms with Gasteiger partial charge in [-0.1, -0.05) is 92.6 Å². The Labute approximate surface area is 297 Å². The summed E-state index contributed by atoms with van der Waals surface area (Å²) < 4.78 is 66.1. The van der Waals surface area contributed by atoms with Gasteiger partial charge in [-0.3, -0.25) is 14.0 Å². The molecule has 2 aliphatic rings. The SMILES string of the molecule is [2H]C([2H])([2H])C1(C([2H])([2H])[2H])c2cc(-n3c4ccccc4n4c5ccccc5nc34)ccc2Oc2cc3c(cc21)-c1ccccc1-c1ncccc1-c1ccccc1-3. The van der Waals surface area contributed by atoms with Gasteiger partial charge in [0.05, 0.1) is 27.8 Å². The zero-order valence-corrected chi connectivity index (χ0v) is 26.6. The molecule has 0 spiro atoms. The van der Waals surface area contributed by atoms with E-state index in [9.17, 15) is 8.22 Å². The lowest BCUT2D eigenvalue weighted by Gasteiger charge is -2.36. The number of imidazole rings is 2. The van der Waals surface area contributed by atoms with E-state index in [1.165, 1.54) is 0 Å². The van der Waals surface area contributed by atoms with E-state index < -0.39 is 19.1 Å². The quantitative estimate of drug-likeness (QED) is 0.178. The molecule has 3 aromatic heterocycles. The molecule has 0 unspecified atom stereocenters. The van der Waals surface area contributed by atoms with Gasteiger partial charge in [-0.15, -0.1) is 0 Å². The van der Waals surface area contributed by atoms with Gasteiger partial charge in [0.25, 0.3) is 0 Å². The Bertz CT molecular complexity index is 3110. The van der Waals surface area contributed by atoms with Crippen molar-refractivity contribution in [2.45, 2.75) is 19.1 Å². The lowest BCUT2D eigenvalue weighted by Crippen LogP contribution is -2.25. The summed E-state index contributed by atoms with van der Waals surface area (Å²) in [4.78, 5) is 9.83. The van der Waals surface area contributed by atoms with Crippen LogP contribution in [0.2, 0.25) is 0 Å². The Balaban J connectivity index is 1.23. The monoisotopic (exact) mass is 648 g/mol. The van der Waals surface area contributed by atoms with Crippen molar-refractivity contribution in [3.8, 4) is 61.8 Å². The minimum absolute atomic E-state index is 0.0565. The van der Waals surface area contributed by atoms with Crippen LogP contribution in [-0.4, -0.2) is 18.9 Å². The van der Waals surface area contributed by atoms with Gasteiger partial charge in [0.1, 0.15) is 11.5 Å². The molecule has 1 aliphatic carbocycles. The summed E-state index contributed by atoms with van der Waals surface area (Å²) in [7, 11) is 0. The summed E-state index contributed by atoms with van der Waals surface area (Å²) in [5, 5.41) is 0. The summed E-state index contributed by atoms with van der Waals surface area (Å²) in [6.07, 6.45) is 1.76. The highest BCUT2D eigenvalue weighted by molar-refractivity contribution is 6.03. The van der Waals surface area contributed by atoms with Crippen molar-refractivity contribution in [2.24, 2.45) is 0 Å². The largest absolute Gasteiger partial charge is 0.457 e. The number of aromatic nitrogens is 4. The molecule has 0 amide bonds. The first-order valence-electron chi connectivity index (χ1n) is 19.6. The van der Waals surface area contributed by atoms with Crippen molar-refractivity contribution < 1.29 is 13.0 Å². The molecular weight excluding hydrogens is 613 g/mol. The standard InChI is InChI=1S/C45H30N4O/c1-45(2)35-24-27(48-39-19-9-10-20-40(39)49-38-18-8-7-17-37(38)47-44(48)49)21-22-41(35)50-42-26-34-29-13-4-3-12-28(29)32-16-11-23-46-43(32)31-15-6-5-14-30(31)33(34)25-36(42)45/h3-26H,1-2H3/i1D3,2D3. The Kier molecular flexibility index (Phi) is 4.36. The Morgan fingerprint density at radius 2 is 1.20 bits per heavy atom. The van der Waals surface area contributed by atoms with Gasteiger partial charge in [0.2, 0.25) is 5.78 Å². The van der Waals surface area contributed by atoms with E-state index in [1.807, 2.05) is 126 Å². The highest BCUT2D eigenvalue weighted by Crippen LogP contribution is 2.54. The number of hydrogen-bond donors (Lipinski definition) is 0. The van der Waals surface area contributed by atoms with Crippen LogP contribution in [0.5, 0.6) is 11.5 Å². The second-order valence-electron chi connectivity index (χ2n) is 13.0. The molecule has 1 aliphatic heterocycles. The molecule has 0 saturated carbocycles. The van der Waals surface area contributed by atoms with Gasteiger partial charge in [-0.05, 0) is 88.5 Å². The Hall–Kier alpha value is -6.46. The van der Waals surface area contributed by atoms with Crippen LogP contribution in [-0.2, 0) is 5.41 Å². The van der Waals surface area contributed by atoms with Crippen molar-refractivity contribution in [1.82, 2.24) is 18.9 Å². The number of nitrogens with zero attached hydrogens (tertiary/aromatic N) is 4. The number of pyridine rings is 1. The van der Waals surface area contributed by atoms with Crippen LogP contribution < -0.4 is 4.74 Å². The van der Waals surface area contributed by atoms with Gasteiger partial charge in [-0.2, -0.15) is 0 Å². The topological polar surface area (TPSA) is 44.4 Å². The highest BCUT2D eigenvalue weighted by Gasteiger charge is 2.37. The number of hydrogen-bond acceptors (Lipinski definition) is 3. The summed E-state index contributed by atoms with van der Waals surface area (Å²) in [5.41, 5.74) is 8.35. The number of para-hydroxylation sites is 4. The summed E-state index contributed by atoms with van der Waals surface area (Å²) >= 11 is 0.